The van der Waals surface area contributed by atoms with Crippen molar-refractivity contribution in [3.63, 3.8) is 0 Å². The lowest BCUT2D eigenvalue weighted by atomic mass is 10.1. The SMILES string of the molecule is COc1ccc(O)cc1/C=C/c1ccccc1. The Labute approximate surface area is 101 Å². The van der Waals surface area contributed by atoms with Crippen molar-refractivity contribution in [1.82, 2.24) is 0 Å². The Hall–Kier alpha value is -2.22. The fourth-order valence-corrected chi connectivity index (χ4v) is 1.60. The molecule has 0 radical (unpaired) electrons. The third kappa shape index (κ3) is 2.88. The average molecular weight is 226 g/mol. The molecule has 1 N–H and O–H groups in total. The van der Waals surface area contributed by atoms with Gasteiger partial charge >= 0.3 is 0 Å². The van der Waals surface area contributed by atoms with Crippen molar-refractivity contribution >= 4 is 12.2 Å². The van der Waals surface area contributed by atoms with Crippen molar-refractivity contribution in [2.45, 2.75) is 0 Å². The first-order chi connectivity index (χ1) is 8.29. The Morgan fingerprint density at radius 3 is 2.47 bits per heavy atom. The highest BCUT2D eigenvalue weighted by atomic mass is 16.5. The van der Waals surface area contributed by atoms with Gasteiger partial charge in [-0.15, -0.1) is 0 Å². The van der Waals surface area contributed by atoms with E-state index < -0.39 is 0 Å². The first-order valence-electron chi connectivity index (χ1n) is 5.40. The van der Waals surface area contributed by atoms with Gasteiger partial charge in [-0.3, -0.25) is 0 Å². The maximum Gasteiger partial charge on any atom is 0.126 e. The lowest BCUT2D eigenvalue weighted by Crippen LogP contribution is -1.85. The Balaban J connectivity index is 2.29. The van der Waals surface area contributed by atoms with E-state index in [1.165, 1.54) is 0 Å². The Kier molecular flexibility index (Phi) is 3.46. The number of methoxy groups -OCH3 is 1. The highest BCUT2D eigenvalue weighted by Crippen LogP contribution is 2.25. The third-order valence-corrected chi connectivity index (χ3v) is 2.47. The molecule has 0 aliphatic heterocycles. The van der Waals surface area contributed by atoms with Crippen LogP contribution >= 0.6 is 0 Å². The van der Waals surface area contributed by atoms with Gasteiger partial charge in [0.15, 0.2) is 0 Å². The molecule has 0 spiro atoms. The molecule has 0 saturated carbocycles. The number of rotatable bonds is 3. The molecule has 0 aromatic heterocycles. The number of benzene rings is 2. The number of ether oxygens (including phenoxy) is 1. The number of phenolic OH excluding ortho intramolecular Hbond substituents is 1. The van der Waals surface area contributed by atoms with Crippen LogP contribution in [0, 0.1) is 0 Å². The van der Waals surface area contributed by atoms with Gasteiger partial charge in [-0.2, -0.15) is 0 Å². The zero-order valence-corrected chi connectivity index (χ0v) is 9.63. The summed E-state index contributed by atoms with van der Waals surface area (Å²) in [6.45, 7) is 0. The fourth-order valence-electron chi connectivity index (χ4n) is 1.60. The normalized spacial score (nSPS) is 10.6. The van der Waals surface area contributed by atoms with Gasteiger partial charge in [0.05, 0.1) is 7.11 Å². The summed E-state index contributed by atoms with van der Waals surface area (Å²) in [6.07, 6.45) is 3.91. The smallest absolute Gasteiger partial charge is 0.126 e. The molecule has 2 rings (SSSR count). The maximum atomic E-state index is 9.44. The minimum Gasteiger partial charge on any atom is -0.508 e. The average Bonchev–Trinajstić information content (AvgIpc) is 2.38. The van der Waals surface area contributed by atoms with Gasteiger partial charge in [-0.25, -0.2) is 0 Å². The van der Waals surface area contributed by atoms with E-state index in [9.17, 15) is 5.11 Å². The first-order valence-corrected chi connectivity index (χ1v) is 5.40. The molecule has 0 amide bonds. The molecule has 2 nitrogen and oxygen atoms in total. The van der Waals surface area contributed by atoms with Crippen LogP contribution in [0.1, 0.15) is 11.1 Å². The number of hydrogen-bond acceptors (Lipinski definition) is 2. The second-order valence-electron chi connectivity index (χ2n) is 3.67. The summed E-state index contributed by atoms with van der Waals surface area (Å²) in [7, 11) is 1.62. The van der Waals surface area contributed by atoms with E-state index in [1.54, 1.807) is 25.3 Å². The highest BCUT2D eigenvalue weighted by molar-refractivity contribution is 5.73. The molecule has 0 aliphatic carbocycles. The zero-order valence-electron chi connectivity index (χ0n) is 9.63. The largest absolute Gasteiger partial charge is 0.508 e. The molecular weight excluding hydrogens is 212 g/mol. The molecule has 0 fully saturated rings. The van der Waals surface area contributed by atoms with Crippen LogP contribution in [0.25, 0.3) is 12.2 Å². The lowest BCUT2D eigenvalue weighted by Gasteiger charge is -2.04. The molecule has 0 unspecified atom stereocenters. The summed E-state index contributed by atoms with van der Waals surface area (Å²) in [5.74, 6) is 0.980. The molecule has 0 heterocycles. The van der Waals surface area contributed by atoms with Gasteiger partial charge in [-0.05, 0) is 23.8 Å². The topological polar surface area (TPSA) is 29.5 Å². The molecule has 86 valence electrons. The predicted octanol–water partition coefficient (Wildman–Crippen LogP) is 3.57. The minimum absolute atomic E-state index is 0.235. The molecule has 0 aliphatic rings. The Morgan fingerprint density at radius 1 is 1.00 bits per heavy atom. The minimum atomic E-state index is 0.235. The Morgan fingerprint density at radius 2 is 1.76 bits per heavy atom. The summed E-state index contributed by atoms with van der Waals surface area (Å²) >= 11 is 0. The van der Waals surface area contributed by atoms with Gasteiger partial charge in [-0.1, -0.05) is 42.5 Å². The van der Waals surface area contributed by atoms with Crippen LogP contribution < -0.4 is 4.74 Å². The fraction of sp³-hybridized carbons (Fsp3) is 0.0667. The second-order valence-corrected chi connectivity index (χ2v) is 3.67. The predicted molar refractivity (Wildman–Crippen MR) is 70.0 cm³/mol. The van der Waals surface area contributed by atoms with Crippen molar-refractivity contribution < 1.29 is 9.84 Å². The molecule has 0 saturated heterocycles. The lowest BCUT2D eigenvalue weighted by molar-refractivity contribution is 0.411. The zero-order chi connectivity index (χ0) is 12.1. The Bertz CT molecular complexity index is 516. The maximum absolute atomic E-state index is 9.44. The van der Waals surface area contributed by atoms with Crippen molar-refractivity contribution in [2.24, 2.45) is 0 Å². The molecule has 0 atom stereocenters. The van der Waals surface area contributed by atoms with Gasteiger partial charge in [0.1, 0.15) is 11.5 Å². The summed E-state index contributed by atoms with van der Waals surface area (Å²) in [6, 6.07) is 15.0. The van der Waals surface area contributed by atoms with Crippen molar-refractivity contribution in [2.75, 3.05) is 7.11 Å². The molecule has 2 aromatic rings. The van der Waals surface area contributed by atoms with E-state index in [0.717, 1.165) is 16.9 Å². The molecular formula is C15H14O2. The number of hydrogen-bond donors (Lipinski definition) is 1. The summed E-state index contributed by atoms with van der Waals surface area (Å²) in [5.41, 5.74) is 1.97. The van der Waals surface area contributed by atoms with Crippen LogP contribution in [0.4, 0.5) is 0 Å². The quantitative estimate of drug-likeness (QED) is 0.811. The summed E-state index contributed by atoms with van der Waals surface area (Å²) < 4.78 is 5.23. The standard InChI is InChI=1S/C15H14O2/c1-17-15-10-9-14(16)11-13(15)8-7-12-5-3-2-4-6-12/h2-11,16H,1H3/b8-7+. The summed E-state index contributed by atoms with van der Waals surface area (Å²) in [4.78, 5) is 0. The second kappa shape index (κ2) is 5.21. The van der Waals surface area contributed by atoms with E-state index in [0.29, 0.717) is 0 Å². The van der Waals surface area contributed by atoms with Gasteiger partial charge in [0.25, 0.3) is 0 Å². The molecule has 2 aromatic carbocycles. The first kappa shape index (κ1) is 11.3. The van der Waals surface area contributed by atoms with Crippen LogP contribution in [-0.4, -0.2) is 12.2 Å². The van der Waals surface area contributed by atoms with Crippen molar-refractivity contribution in [1.29, 1.82) is 0 Å². The highest BCUT2D eigenvalue weighted by Gasteiger charge is 2.00. The van der Waals surface area contributed by atoms with Crippen molar-refractivity contribution in [3.8, 4) is 11.5 Å². The van der Waals surface area contributed by atoms with Gasteiger partial charge in [0.2, 0.25) is 0 Å². The van der Waals surface area contributed by atoms with Crippen LogP contribution in [0.3, 0.4) is 0 Å². The van der Waals surface area contributed by atoms with Crippen LogP contribution in [0.2, 0.25) is 0 Å². The van der Waals surface area contributed by atoms with E-state index in [2.05, 4.69) is 0 Å². The van der Waals surface area contributed by atoms with Crippen LogP contribution in [-0.2, 0) is 0 Å². The van der Waals surface area contributed by atoms with Gasteiger partial charge in [0, 0.05) is 5.56 Å². The third-order valence-electron chi connectivity index (χ3n) is 2.47. The molecule has 17 heavy (non-hydrogen) atoms. The van der Waals surface area contributed by atoms with E-state index in [-0.39, 0.29) is 5.75 Å². The van der Waals surface area contributed by atoms with E-state index in [1.807, 2.05) is 42.5 Å². The van der Waals surface area contributed by atoms with Crippen LogP contribution in [0.5, 0.6) is 11.5 Å². The summed E-state index contributed by atoms with van der Waals surface area (Å²) in [5, 5.41) is 9.44. The van der Waals surface area contributed by atoms with E-state index in [4.69, 9.17) is 4.74 Å². The van der Waals surface area contributed by atoms with Crippen LogP contribution in [0.15, 0.2) is 48.5 Å². The van der Waals surface area contributed by atoms with Crippen molar-refractivity contribution in [3.05, 3.63) is 59.7 Å². The number of aromatic hydroxyl groups is 1. The molecule has 0 bridgehead atoms. The van der Waals surface area contributed by atoms with E-state index >= 15 is 0 Å². The molecule has 2 heteroatoms. The monoisotopic (exact) mass is 226 g/mol. The van der Waals surface area contributed by atoms with Gasteiger partial charge < -0.3 is 9.84 Å². The number of phenols is 1.